The second-order valence-corrected chi connectivity index (χ2v) is 5.66. The first-order valence-corrected chi connectivity index (χ1v) is 8.19. The molecule has 2 rings (SSSR count). The average Bonchev–Trinajstić information content (AvgIpc) is 2.58. The zero-order valence-corrected chi connectivity index (χ0v) is 15.8. The second kappa shape index (κ2) is 10.0. The fraction of sp³-hybridized carbons (Fsp3) is 0.278. The SMILES string of the molecule is CCN(CC)C(=O)c1ccc[n+](CC([O-])=Nc2ccc(Cl)cc2)c1.Cl. The van der Waals surface area contributed by atoms with E-state index in [0.717, 1.165) is 0 Å². The van der Waals surface area contributed by atoms with Gasteiger partial charge >= 0.3 is 0 Å². The number of halogens is 2. The molecule has 0 bridgehead atoms. The lowest BCUT2D eigenvalue weighted by atomic mass is 10.2. The largest absolute Gasteiger partial charge is 0.857 e. The van der Waals surface area contributed by atoms with Crippen LogP contribution in [0.2, 0.25) is 5.02 Å². The molecule has 0 aliphatic rings. The Morgan fingerprint density at radius 1 is 1.20 bits per heavy atom. The Balaban J connectivity index is 0.00000312. The van der Waals surface area contributed by atoms with Crippen LogP contribution in [0.3, 0.4) is 0 Å². The number of hydrogen-bond acceptors (Lipinski definition) is 3. The number of hydrogen-bond donors (Lipinski definition) is 0. The van der Waals surface area contributed by atoms with E-state index in [1.807, 2.05) is 13.8 Å². The van der Waals surface area contributed by atoms with Crippen LogP contribution < -0.4 is 9.67 Å². The molecule has 0 spiro atoms. The van der Waals surface area contributed by atoms with Gasteiger partial charge in [-0.05, 0) is 44.2 Å². The maximum atomic E-state index is 12.4. The van der Waals surface area contributed by atoms with Crippen LogP contribution in [0, 0.1) is 0 Å². The highest BCUT2D eigenvalue weighted by molar-refractivity contribution is 6.30. The third-order valence-corrected chi connectivity index (χ3v) is 3.81. The van der Waals surface area contributed by atoms with E-state index in [-0.39, 0.29) is 30.8 Å². The summed E-state index contributed by atoms with van der Waals surface area (Å²) in [6.07, 6.45) is 3.42. The van der Waals surface area contributed by atoms with Gasteiger partial charge < -0.3 is 10.0 Å². The minimum Gasteiger partial charge on any atom is -0.857 e. The predicted molar refractivity (Wildman–Crippen MR) is 99.7 cm³/mol. The molecule has 1 amide bonds. The smallest absolute Gasteiger partial charge is 0.259 e. The number of carbonyl (C=O) groups is 1. The summed E-state index contributed by atoms with van der Waals surface area (Å²) in [6, 6.07) is 10.2. The first kappa shape index (κ1) is 20.9. The van der Waals surface area contributed by atoms with Crippen LogP contribution >= 0.6 is 24.0 Å². The summed E-state index contributed by atoms with van der Waals surface area (Å²) >= 11 is 5.81. The number of amides is 1. The summed E-state index contributed by atoms with van der Waals surface area (Å²) in [7, 11) is 0. The summed E-state index contributed by atoms with van der Waals surface area (Å²) in [5.41, 5.74) is 1.11. The van der Waals surface area contributed by atoms with E-state index in [9.17, 15) is 9.90 Å². The maximum absolute atomic E-state index is 12.4. The van der Waals surface area contributed by atoms with Crippen molar-refractivity contribution in [3.8, 4) is 0 Å². The van der Waals surface area contributed by atoms with Gasteiger partial charge in [-0.3, -0.25) is 9.79 Å². The highest BCUT2D eigenvalue weighted by Crippen LogP contribution is 2.15. The van der Waals surface area contributed by atoms with Crippen LogP contribution in [0.5, 0.6) is 0 Å². The molecule has 1 aromatic carbocycles. The van der Waals surface area contributed by atoms with E-state index < -0.39 is 0 Å². The van der Waals surface area contributed by atoms with Crippen LogP contribution in [-0.2, 0) is 6.54 Å². The van der Waals surface area contributed by atoms with E-state index in [1.165, 1.54) is 0 Å². The maximum Gasteiger partial charge on any atom is 0.259 e. The van der Waals surface area contributed by atoms with Gasteiger partial charge in [0, 0.05) is 30.1 Å². The Kier molecular flexibility index (Phi) is 8.38. The fourth-order valence-electron chi connectivity index (χ4n) is 2.29. The molecule has 0 unspecified atom stereocenters. The fourth-order valence-corrected chi connectivity index (χ4v) is 2.42. The number of benzene rings is 1. The molecule has 0 aliphatic carbocycles. The molecule has 25 heavy (non-hydrogen) atoms. The standard InChI is InChI=1S/C18H20ClN3O2.ClH/c1-3-22(4-2)18(24)14-6-5-11-21(12-14)13-17(23)20-16-9-7-15(19)8-10-16;/h5-12H,3-4,13H2,1-2H3;1H. The Hall–Kier alpha value is -2.11. The number of aromatic nitrogens is 1. The van der Waals surface area contributed by atoms with Crippen LogP contribution in [0.25, 0.3) is 0 Å². The van der Waals surface area contributed by atoms with Gasteiger partial charge in [0.15, 0.2) is 18.9 Å². The highest BCUT2D eigenvalue weighted by atomic mass is 35.5. The van der Waals surface area contributed by atoms with Crippen molar-refractivity contribution in [1.82, 2.24) is 4.90 Å². The summed E-state index contributed by atoms with van der Waals surface area (Å²) in [6.45, 7) is 5.24. The van der Waals surface area contributed by atoms with Gasteiger partial charge in [0.2, 0.25) is 0 Å². The number of aliphatic imine (C=N–C) groups is 1. The van der Waals surface area contributed by atoms with Crippen LogP contribution in [0.4, 0.5) is 5.69 Å². The van der Waals surface area contributed by atoms with E-state index >= 15 is 0 Å². The number of carbonyl (C=O) groups excluding carboxylic acids is 1. The Bertz CT molecular complexity index is 729. The molecular weight excluding hydrogens is 361 g/mol. The summed E-state index contributed by atoms with van der Waals surface area (Å²) in [4.78, 5) is 18.1. The molecule has 7 heteroatoms. The lowest BCUT2D eigenvalue weighted by Crippen LogP contribution is -2.43. The quantitative estimate of drug-likeness (QED) is 0.438. The molecule has 0 radical (unpaired) electrons. The van der Waals surface area contributed by atoms with Crippen LogP contribution in [0.1, 0.15) is 24.2 Å². The van der Waals surface area contributed by atoms with Crippen molar-refractivity contribution in [2.45, 2.75) is 20.4 Å². The zero-order chi connectivity index (χ0) is 17.5. The molecule has 0 N–H and O–H groups in total. The van der Waals surface area contributed by atoms with Crippen molar-refractivity contribution in [2.24, 2.45) is 4.99 Å². The molecule has 5 nitrogen and oxygen atoms in total. The first-order chi connectivity index (χ1) is 11.5. The number of pyridine rings is 1. The van der Waals surface area contributed by atoms with Gasteiger partial charge in [-0.2, -0.15) is 4.57 Å². The van der Waals surface area contributed by atoms with Crippen molar-refractivity contribution in [3.63, 3.8) is 0 Å². The molecule has 1 heterocycles. The van der Waals surface area contributed by atoms with Gasteiger partial charge in [0.05, 0.1) is 5.69 Å². The lowest BCUT2D eigenvalue weighted by molar-refractivity contribution is -0.687. The monoisotopic (exact) mass is 381 g/mol. The van der Waals surface area contributed by atoms with Crippen molar-refractivity contribution in [3.05, 3.63) is 59.4 Å². The highest BCUT2D eigenvalue weighted by Gasteiger charge is 2.15. The third kappa shape index (κ3) is 6.03. The molecule has 0 atom stereocenters. The molecule has 0 fully saturated rings. The normalized spacial score (nSPS) is 10.9. The molecule has 0 saturated heterocycles. The van der Waals surface area contributed by atoms with Gasteiger partial charge in [0.1, 0.15) is 5.56 Å². The summed E-state index contributed by atoms with van der Waals surface area (Å²) in [5.74, 6) is -0.341. The molecule has 0 aliphatic heterocycles. The predicted octanol–water partition coefficient (Wildman–Crippen LogP) is 2.62. The van der Waals surface area contributed by atoms with E-state index in [4.69, 9.17) is 11.6 Å². The van der Waals surface area contributed by atoms with Crippen molar-refractivity contribution in [1.29, 1.82) is 0 Å². The third-order valence-electron chi connectivity index (χ3n) is 3.55. The number of rotatable bonds is 6. The van der Waals surface area contributed by atoms with Gasteiger partial charge in [-0.15, -0.1) is 12.4 Å². The molecule has 2 aromatic rings. The minimum absolute atomic E-state index is 0. The van der Waals surface area contributed by atoms with Crippen LogP contribution in [-0.4, -0.2) is 29.8 Å². The second-order valence-electron chi connectivity index (χ2n) is 5.22. The van der Waals surface area contributed by atoms with Crippen molar-refractivity contribution in [2.75, 3.05) is 13.1 Å². The Labute approximate surface area is 159 Å². The molecule has 0 saturated carbocycles. The lowest BCUT2D eigenvalue weighted by Gasteiger charge is -2.17. The Morgan fingerprint density at radius 3 is 2.44 bits per heavy atom. The molecule has 134 valence electrons. The Morgan fingerprint density at radius 2 is 1.84 bits per heavy atom. The summed E-state index contributed by atoms with van der Waals surface area (Å²) in [5, 5.41) is 12.7. The first-order valence-electron chi connectivity index (χ1n) is 7.82. The van der Waals surface area contributed by atoms with Gasteiger partial charge in [0.25, 0.3) is 5.91 Å². The van der Waals surface area contributed by atoms with Gasteiger partial charge in [-0.25, -0.2) is 0 Å². The van der Waals surface area contributed by atoms with E-state index in [0.29, 0.717) is 29.4 Å². The molecule has 1 aromatic heterocycles. The van der Waals surface area contributed by atoms with Crippen molar-refractivity contribution < 1.29 is 14.5 Å². The van der Waals surface area contributed by atoms with E-state index in [2.05, 4.69) is 4.99 Å². The minimum atomic E-state index is -0.297. The topological polar surface area (TPSA) is 59.6 Å². The average molecular weight is 382 g/mol. The van der Waals surface area contributed by atoms with E-state index in [1.54, 1.807) is 58.3 Å². The zero-order valence-electron chi connectivity index (χ0n) is 14.2. The molecular formula is C18H21Cl2N3O2. The number of nitrogens with zero attached hydrogens (tertiary/aromatic N) is 3. The van der Waals surface area contributed by atoms with Gasteiger partial charge in [-0.1, -0.05) is 11.6 Å². The summed E-state index contributed by atoms with van der Waals surface area (Å²) < 4.78 is 1.67. The van der Waals surface area contributed by atoms with Crippen molar-refractivity contribution >= 4 is 41.5 Å². The van der Waals surface area contributed by atoms with Crippen LogP contribution in [0.15, 0.2) is 53.8 Å².